The van der Waals surface area contributed by atoms with Crippen LogP contribution in [0.5, 0.6) is 0 Å². The Morgan fingerprint density at radius 3 is 2.21 bits per heavy atom. The van der Waals surface area contributed by atoms with Crippen LogP contribution in [0.25, 0.3) is 0 Å². The second-order valence-electron chi connectivity index (χ2n) is 7.25. The molecule has 34 heavy (non-hydrogen) atoms. The molecule has 1 aromatic rings. The number of hydrogen-bond donors (Lipinski definition) is 3. The number of hydrogen-bond acceptors (Lipinski definition) is 8. The maximum absolute atomic E-state index is 11.2. The molecule has 3 N–H and O–H groups in total. The van der Waals surface area contributed by atoms with E-state index in [-0.39, 0.29) is 18.6 Å². The van der Waals surface area contributed by atoms with Crippen LogP contribution in [-0.2, 0) is 41.1 Å². The minimum atomic E-state index is -1.50. The molecule has 1 aliphatic heterocycles. The Morgan fingerprint density at radius 1 is 1.24 bits per heavy atom. The van der Waals surface area contributed by atoms with Crippen molar-refractivity contribution in [2.24, 2.45) is 0 Å². The number of likely N-dealkylation sites (N-methyl/N-ethyl adjacent to an activating group) is 1. The molecular weight excluding hydrogens is 463 g/mol. The molecule has 1 unspecified atom stereocenters. The molecule has 0 fully saturated rings. The minimum absolute atomic E-state index is 0.235. The van der Waals surface area contributed by atoms with Crippen molar-refractivity contribution >= 4 is 20.9 Å². The van der Waals surface area contributed by atoms with Gasteiger partial charge in [-0.3, -0.25) is 9.59 Å². The second-order valence-corrected chi connectivity index (χ2v) is 8.47. The van der Waals surface area contributed by atoms with Gasteiger partial charge in [0.25, 0.3) is 0 Å². The summed E-state index contributed by atoms with van der Waals surface area (Å²) in [6.45, 7) is 8.17. The van der Waals surface area contributed by atoms with Crippen LogP contribution in [0.1, 0.15) is 45.2 Å². The number of ether oxygens (including phenoxy) is 1. The van der Waals surface area contributed by atoms with Crippen molar-refractivity contribution in [1.29, 1.82) is 0 Å². The summed E-state index contributed by atoms with van der Waals surface area (Å²) in [5.41, 5.74) is 2.19. The number of fused-ring (bicyclic) bond motifs is 1. The fourth-order valence-corrected chi connectivity index (χ4v) is 3.31. The SMILES string of the molecule is CC.CC(C)(O)O.CNC(=O)/C=C\N(C=O)CCC(COP1OCc2ccccc2CO1)OC. The fraction of sp³-hybridized carbons (Fsp3) is 0.565. The molecule has 1 aromatic carbocycles. The summed E-state index contributed by atoms with van der Waals surface area (Å²) in [7, 11) is 1.64. The lowest BCUT2D eigenvalue weighted by molar-refractivity contribution is -0.127. The Hall–Kier alpha value is -1.91. The Bertz CT molecular complexity index is 694. The second kappa shape index (κ2) is 18.4. The lowest BCUT2D eigenvalue weighted by Crippen LogP contribution is -2.26. The summed E-state index contributed by atoms with van der Waals surface area (Å²) in [5, 5.41) is 18.6. The van der Waals surface area contributed by atoms with Gasteiger partial charge in [0, 0.05) is 33.0 Å². The number of amides is 2. The first kappa shape index (κ1) is 32.1. The van der Waals surface area contributed by atoms with E-state index >= 15 is 0 Å². The number of aliphatic hydroxyl groups is 2. The smallest absolute Gasteiger partial charge is 0.333 e. The van der Waals surface area contributed by atoms with E-state index in [2.05, 4.69) is 5.32 Å². The highest BCUT2D eigenvalue weighted by atomic mass is 31.2. The molecule has 0 bridgehead atoms. The first-order chi connectivity index (χ1) is 16.2. The van der Waals surface area contributed by atoms with E-state index in [4.69, 9.17) is 28.5 Å². The van der Waals surface area contributed by atoms with Crippen molar-refractivity contribution < 1.29 is 38.1 Å². The van der Waals surface area contributed by atoms with Gasteiger partial charge in [-0.25, -0.2) is 0 Å². The van der Waals surface area contributed by atoms with Gasteiger partial charge in [0.1, 0.15) is 0 Å². The van der Waals surface area contributed by atoms with Gasteiger partial charge in [0.2, 0.25) is 12.3 Å². The zero-order valence-electron chi connectivity index (χ0n) is 20.9. The summed E-state index contributed by atoms with van der Waals surface area (Å²) in [6.07, 6.45) is 3.68. The van der Waals surface area contributed by atoms with Crippen molar-refractivity contribution in [2.75, 3.05) is 27.3 Å². The Balaban J connectivity index is 0.00000138. The topological polar surface area (TPSA) is 127 Å². The summed E-state index contributed by atoms with van der Waals surface area (Å²) in [6, 6.07) is 7.95. The number of carbonyl (C=O) groups excluding carboxylic acids is 2. The van der Waals surface area contributed by atoms with Gasteiger partial charge in [-0.05, 0) is 31.4 Å². The maximum Gasteiger partial charge on any atom is 0.333 e. The first-order valence-electron chi connectivity index (χ1n) is 11.0. The minimum Gasteiger partial charge on any atom is -0.379 e. The van der Waals surface area contributed by atoms with Gasteiger partial charge in [-0.1, -0.05) is 38.1 Å². The summed E-state index contributed by atoms with van der Waals surface area (Å²) in [4.78, 5) is 23.7. The zero-order valence-corrected chi connectivity index (χ0v) is 21.8. The normalized spacial score (nSPS) is 14.5. The van der Waals surface area contributed by atoms with Crippen LogP contribution in [0.3, 0.4) is 0 Å². The van der Waals surface area contributed by atoms with Crippen LogP contribution in [0.4, 0.5) is 0 Å². The van der Waals surface area contributed by atoms with Crippen LogP contribution in [0.2, 0.25) is 0 Å². The van der Waals surface area contributed by atoms with Crippen LogP contribution >= 0.6 is 8.60 Å². The molecule has 0 radical (unpaired) electrons. The molecule has 0 spiro atoms. The molecule has 10 nitrogen and oxygen atoms in total. The number of nitrogens with zero attached hydrogens (tertiary/aromatic N) is 1. The van der Waals surface area contributed by atoms with Gasteiger partial charge in [-0.15, -0.1) is 0 Å². The van der Waals surface area contributed by atoms with Crippen molar-refractivity contribution in [3.05, 3.63) is 47.7 Å². The lowest BCUT2D eigenvalue weighted by Gasteiger charge is -2.20. The highest BCUT2D eigenvalue weighted by molar-refractivity contribution is 7.41. The number of carbonyl (C=O) groups is 2. The lowest BCUT2D eigenvalue weighted by atomic mass is 10.1. The van der Waals surface area contributed by atoms with Crippen LogP contribution in [0, 0.1) is 0 Å². The Morgan fingerprint density at radius 2 is 1.76 bits per heavy atom. The highest BCUT2D eigenvalue weighted by Crippen LogP contribution is 2.44. The fourth-order valence-electron chi connectivity index (χ4n) is 2.31. The van der Waals surface area contributed by atoms with Gasteiger partial charge in [0.15, 0.2) is 5.79 Å². The predicted molar refractivity (Wildman–Crippen MR) is 130 cm³/mol. The van der Waals surface area contributed by atoms with Crippen molar-refractivity contribution in [2.45, 2.75) is 59.2 Å². The Kier molecular flexibility index (Phi) is 17.4. The van der Waals surface area contributed by atoms with Crippen molar-refractivity contribution in [3.8, 4) is 0 Å². The number of benzene rings is 1. The molecule has 1 heterocycles. The summed E-state index contributed by atoms with van der Waals surface area (Å²) in [5.74, 6) is -1.78. The van der Waals surface area contributed by atoms with Gasteiger partial charge in [-0.2, -0.15) is 0 Å². The van der Waals surface area contributed by atoms with Crippen molar-refractivity contribution in [3.63, 3.8) is 0 Å². The van der Waals surface area contributed by atoms with Crippen LogP contribution in [0.15, 0.2) is 36.5 Å². The number of methoxy groups -OCH3 is 1. The van der Waals surface area contributed by atoms with E-state index in [0.717, 1.165) is 11.1 Å². The van der Waals surface area contributed by atoms with Gasteiger partial charge < -0.3 is 38.7 Å². The molecule has 2 rings (SSSR count). The van der Waals surface area contributed by atoms with E-state index in [1.165, 1.54) is 38.1 Å². The van der Waals surface area contributed by atoms with E-state index in [0.29, 0.717) is 32.6 Å². The molecule has 1 aliphatic rings. The van der Waals surface area contributed by atoms with E-state index in [9.17, 15) is 9.59 Å². The number of nitrogens with one attached hydrogen (secondary N) is 1. The maximum atomic E-state index is 11.2. The summed E-state index contributed by atoms with van der Waals surface area (Å²) < 4.78 is 22.5. The highest BCUT2D eigenvalue weighted by Gasteiger charge is 2.21. The Labute approximate surface area is 203 Å². The molecule has 0 saturated carbocycles. The zero-order chi connectivity index (χ0) is 26.0. The van der Waals surface area contributed by atoms with Crippen molar-refractivity contribution in [1.82, 2.24) is 10.2 Å². The number of rotatable bonds is 10. The first-order valence-corrected chi connectivity index (χ1v) is 12.1. The molecule has 194 valence electrons. The van der Waals surface area contributed by atoms with Crippen LogP contribution < -0.4 is 5.32 Å². The van der Waals surface area contributed by atoms with E-state index < -0.39 is 14.4 Å². The molecular formula is C23H39N2O8P. The summed E-state index contributed by atoms with van der Waals surface area (Å²) >= 11 is 0. The van der Waals surface area contributed by atoms with E-state index in [1.807, 2.05) is 38.1 Å². The van der Waals surface area contributed by atoms with Gasteiger partial charge >= 0.3 is 8.60 Å². The van der Waals surface area contributed by atoms with Gasteiger partial charge in [0.05, 0.1) is 25.9 Å². The third kappa shape index (κ3) is 15.8. The molecule has 11 heteroatoms. The predicted octanol–water partition coefficient (Wildman–Crippen LogP) is 2.83. The third-order valence-electron chi connectivity index (χ3n) is 3.98. The van der Waals surface area contributed by atoms with Crippen LogP contribution in [-0.4, -0.2) is 66.6 Å². The monoisotopic (exact) mass is 502 g/mol. The molecule has 2 amide bonds. The molecule has 0 saturated heterocycles. The molecule has 0 aromatic heterocycles. The average molecular weight is 503 g/mol. The quantitative estimate of drug-likeness (QED) is 0.193. The average Bonchev–Trinajstić information content (AvgIpc) is 3.03. The third-order valence-corrected chi connectivity index (χ3v) is 5.02. The standard InChI is InChI=1S/C18H25N2O6P.C3H8O2.C2H6/c1-19-18(22)8-10-20(14-21)9-7-17(23-2)13-26-27-24-11-15-5-3-4-6-16(15)12-25-27;1-3(2,4)5;1-2/h3-6,8,10,14,17H,7,9,11-13H2,1-2H3,(H,19,22);4-5H,1-2H3;1-2H3/b10-8-;;. The molecule has 0 aliphatic carbocycles. The molecule has 1 atom stereocenters. The largest absolute Gasteiger partial charge is 0.379 e. The van der Waals surface area contributed by atoms with E-state index in [1.54, 1.807) is 7.11 Å².